The summed E-state index contributed by atoms with van der Waals surface area (Å²) in [5.74, 6) is 1.16. The van der Waals surface area contributed by atoms with Gasteiger partial charge in [-0.25, -0.2) is 4.98 Å². The van der Waals surface area contributed by atoms with Crippen LogP contribution >= 0.6 is 23.2 Å². The molecule has 0 saturated carbocycles. The highest BCUT2D eigenvalue weighted by Crippen LogP contribution is 2.45. The number of ether oxygens (including phenoxy) is 2. The number of carbonyl (C=O) groups is 1. The highest BCUT2D eigenvalue weighted by molar-refractivity contribution is 6.41. The number of amides is 1. The Morgan fingerprint density at radius 2 is 1.88 bits per heavy atom. The number of fused-ring (bicyclic) bond motifs is 1. The van der Waals surface area contributed by atoms with Gasteiger partial charge in [0, 0.05) is 74.6 Å². The molecule has 3 heterocycles. The summed E-state index contributed by atoms with van der Waals surface area (Å²) < 4.78 is 12.5. The molecule has 1 aliphatic rings. The lowest BCUT2D eigenvalue weighted by Crippen LogP contribution is -2.61. The number of benzene rings is 1. The number of anilines is 1. The number of methoxy groups -OCH3 is 2. The predicted octanol–water partition coefficient (Wildman–Crippen LogP) is 3.51. The van der Waals surface area contributed by atoms with Crippen LogP contribution in [-0.2, 0) is 11.3 Å². The number of aliphatic hydroxyl groups is 1. The van der Waals surface area contributed by atoms with Gasteiger partial charge in [0.25, 0.3) is 5.56 Å². The van der Waals surface area contributed by atoms with E-state index in [-0.39, 0.29) is 39.7 Å². The Morgan fingerprint density at radius 3 is 2.45 bits per heavy atom. The third-order valence-corrected chi connectivity index (χ3v) is 7.79. The molecule has 1 fully saturated rings. The SMILES string of the molecule is C=CC(=O)N1CC(N(CCO)CCn2c(=O)c(-c3c(Cl)c(OC)cc(OC)c3Cl)cc3cnc(NCC)cc32)C1. The minimum atomic E-state index is -0.304. The molecule has 1 amide bonds. The fraction of sp³-hybridized carbons (Fsp3) is 0.393. The first-order valence-corrected chi connectivity index (χ1v) is 13.7. The summed E-state index contributed by atoms with van der Waals surface area (Å²) in [6.45, 7) is 8.36. The van der Waals surface area contributed by atoms with Crippen LogP contribution < -0.4 is 20.3 Å². The maximum absolute atomic E-state index is 14.2. The Kier molecular flexibility index (Phi) is 9.57. The third kappa shape index (κ3) is 5.76. The molecule has 10 nitrogen and oxygen atoms in total. The first kappa shape index (κ1) is 29.7. The van der Waals surface area contributed by atoms with E-state index in [2.05, 4.69) is 21.8 Å². The van der Waals surface area contributed by atoms with Crippen molar-refractivity contribution in [3.8, 4) is 22.6 Å². The highest BCUT2D eigenvalue weighted by atomic mass is 35.5. The molecule has 2 aromatic heterocycles. The Hall–Kier alpha value is -3.31. The second-order valence-electron chi connectivity index (χ2n) is 9.32. The zero-order valence-corrected chi connectivity index (χ0v) is 24.3. The van der Waals surface area contributed by atoms with Crippen LogP contribution in [0.3, 0.4) is 0 Å². The van der Waals surface area contributed by atoms with Gasteiger partial charge in [0.15, 0.2) is 0 Å². The van der Waals surface area contributed by atoms with E-state index in [4.69, 9.17) is 32.7 Å². The molecule has 1 aliphatic heterocycles. The standard InChI is InChI=1S/C28H33Cl2N5O5/c1-5-24(37)34-15-18(16-34)33(9-10-36)7-8-35-20-12-23(31-6-2)32-14-17(20)11-19(28(35)38)25-26(29)21(39-3)13-22(40-4)27(25)30/h5,11-14,18,36H,1,6-10,15-16H2,2-4H3,(H,31,32). The zero-order chi connectivity index (χ0) is 29.0. The van der Waals surface area contributed by atoms with Crippen LogP contribution in [0.25, 0.3) is 22.0 Å². The summed E-state index contributed by atoms with van der Waals surface area (Å²) in [7, 11) is 2.95. The Bertz CT molecular complexity index is 1440. The van der Waals surface area contributed by atoms with Gasteiger partial charge in [0.05, 0.1) is 42.0 Å². The van der Waals surface area contributed by atoms with Crippen LogP contribution in [0.15, 0.2) is 41.8 Å². The van der Waals surface area contributed by atoms with Crippen LogP contribution in [0.5, 0.6) is 11.5 Å². The average molecular weight is 591 g/mol. The van der Waals surface area contributed by atoms with Crippen molar-refractivity contribution in [3.05, 3.63) is 57.4 Å². The van der Waals surface area contributed by atoms with E-state index in [1.54, 1.807) is 27.8 Å². The number of carbonyl (C=O) groups excluding carboxylic acids is 1. The Balaban J connectivity index is 1.81. The number of aliphatic hydroxyl groups excluding tert-OH is 1. The molecular formula is C28H33Cl2N5O5. The molecule has 4 rings (SSSR count). The van der Waals surface area contributed by atoms with Gasteiger partial charge < -0.3 is 29.4 Å². The monoisotopic (exact) mass is 589 g/mol. The molecule has 40 heavy (non-hydrogen) atoms. The van der Waals surface area contributed by atoms with Gasteiger partial charge in [-0.05, 0) is 19.1 Å². The third-order valence-electron chi connectivity index (χ3n) is 7.04. The van der Waals surface area contributed by atoms with E-state index < -0.39 is 0 Å². The first-order valence-electron chi connectivity index (χ1n) is 12.9. The number of nitrogens with zero attached hydrogens (tertiary/aromatic N) is 4. The van der Waals surface area contributed by atoms with Gasteiger partial charge in [-0.3, -0.25) is 14.5 Å². The second-order valence-corrected chi connectivity index (χ2v) is 10.1. The lowest BCUT2D eigenvalue weighted by molar-refractivity contribution is -0.133. The van der Waals surface area contributed by atoms with Crippen molar-refractivity contribution in [2.45, 2.75) is 19.5 Å². The van der Waals surface area contributed by atoms with Crippen molar-refractivity contribution in [1.29, 1.82) is 0 Å². The lowest BCUT2D eigenvalue weighted by Gasteiger charge is -2.45. The smallest absolute Gasteiger partial charge is 0.259 e. The molecule has 0 unspecified atom stereocenters. The van der Waals surface area contributed by atoms with Gasteiger partial charge in [-0.2, -0.15) is 0 Å². The molecule has 0 atom stereocenters. The minimum absolute atomic E-state index is 0.0507. The number of aromatic nitrogens is 2. The van der Waals surface area contributed by atoms with Crippen LogP contribution in [0.2, 0.25) is 10.0 Å². The topological polar surface area (TPSA) is 109 Å². The van der Waals surface area contributed by atoms with Crippen molar-refractivity contribution in [2.24, 2.45) is 0 Å². The second kappa shape index (κ2) is 12.9. The summed E-state index contributed by atoms with van der Waals surface area (Å²) in [4.78, 5) is 34.4. The van der Waals surface area contributed by atoms with Gasteiger partial charge in [0.2, 0.25) is 5.91 Å². The predicted molar refractivity (Wildman–Crippen MR) is 158 cm³/mol. The molecule has 0 radical (unpaired) electrons. The number of pyridine rings is 2. The quantitative estimate of drug-likeness (QED) is 0.309. The van der Waals surface area contributed by atoms with Crippen molar-refractivity contribution in [3.63, 3.8) is 0 Å². The largest absolute Gasteiger partial charge is 0.495 e. The van der Waals surface area contributed by atoms with Crippen LogP contribution in [0, 0.1) is 0 Å². The van der Waals surface area contributed by atoms with E-state index in [9.17, 15) is 14.7 Å². The van der Waals surface area contributed by atoms with Crippen molar-refractivity contribution < 1.29 is 19.4 Å². The number of halogens is 2. The molecule has 0 aliphatic carbocycles. The first-order chi connectivity index (χ1) is 19.3. The Labute approximate surface area is 242 Å². The maximum atomic E-state index is 14.2. The summed E-state index contributed by atoms with van der Waals surface area (Å²) in [6.07, 6.45) is 2.99. The molecule has 214 valence electrons. The highest BCUT2D eigenvalue weighted by Gasteiger charge is 2.33. The molecule has 0 spiro atoms. The van der Waals surface area contributed by atoms with Gasteiger partial charge in [-0.1, -0.05) is 29.8 Å². The Morgan fingerprint density at radius 1 is 1.20 bits per heavy atom. The molecule has 1 saturated heterocycles. The number of hydrogen-bond acceptors (Lipinski definition) is 8. The fourth-order valence-electron chi connectivity index (χ4n) is 4.90. The normalized spacial score (nSPS) is 13.4. The fourth-order valence-corrected chi connectivity index (χ4v) is 5.61. The van der Waals surface area contributed by atoms with Gasteiger partial charge >= 0.3 is 0 Å². The van der Waals surface area contributed by atoms with Crippen LogP contribution in [-0.4, -0.2) is 90.0 Å². The molecular weight excluding hydrogens is 557 g/mol. The lowest BCUT2D eigenvalue weighted by atomic mass is 10.0. The molecule has 3 aromatic rings. The van der Waals surface area contributed by atoms with E-state index in [1.165, 1.54) is 20.3 Å². The van der Waals surface area contributed by atoms with E-state index in [0.717, 1.165) is 0 Å². The summed E-state index contributed by atoms with van der Waals surface area (Å²) in [5.41, 5.74) is 0.961. The maximum Gasteiger partial charge on any atom is 0.259 e. The number of rotatable bonds is 12. The molecule has 2 N–H and O–H groups in total. The van der Waals surface area contributed by atoms with E-state index in [1.807, 2.05) is 13.0 Å². The van der Waals surface area contributed by atoms with Crippen molar-refractivity contribution in [1.82, 2.24) is 19.4 Å². The summed E-state index contributed by atoms with van der Waals surface area (Å²) in [6, 6.07) is 5.19. The van der Waals surface area contributed by atoms with Gasteiger partial charge in [-0.15, -0.1) is 0 Å². The molecule has 12 heteroatoms. The average Bonchev–Trinajstić information content (AvgIpc) is 2.92. The van der Waals surface area contributed by atoms with Crippen LogP contribution in [0.1, 0.15) is 6.92 Å². The minimum Gasteiger partial charge on any atom is -0.495 e. The molecule has 1 aromatic carbocycles. The summed E-state index contributed by atoms with van der Waals surface area (Å²) in [5, 5.41) is 14.0. The zero-order valence-electron chi connectivity index (χ0n) is 22.7. The number of nitrogens with one attached hydrogen (secondary N) is 1. The summed E-state index contributed by atoms with van der Waals surface area (Å²) >= 11 is 13.4. The van der Waals surface area contributed by atoms with Crippen molar-refractivity contribution >= 4 is 45.8 Å². The number of likely N-dealkylation sites (tertiary alicyclic amines) is 1. The molecule has 0 bridgehead atoms. The number of hydrogen-bond donors (Lipinski definition) is 2. The van der Waals surface area contributed by atoms with E-state index >= 15 is 0 Å². The van der Waals surface area contributed by atoms with Crippen LogP contribution in [0.4, 0.5) is 5.82 Å². The van der Waals surface area contributed by atoms with E-state index in [0.29, 0.717) is 73.1 Å². The van der Waals surface area contributed by atoms with Gasteiger partial charge in [0.1, 0.15) is 17.3 Å². The van der Waals surface area contributed by atoms with Crippen molar-refractivity contribution in [2.75, 3.05) is 58.9 Å².